The van der Waals surface area contributed by atoms with Gasteiger partial charge in [-0.25, -0.2) is 15.0 Å². The van der Waals surface area contributed by atoms with Gasteiger partial charge in [0.1, 0.15) is 12.0 Å². The van der Waals surface area contributed by atoms with Gasteiger partial charge in [0.05, 0.1) is 5.69 Å². The Morgan fingerprint density at radius 1 is 1.24 bits per heavy atom. The summed E-state index contributed by atoms with van der Waals surface area (Å²) in [5, 5.41) is 14.6. The van der Waals surface area contributed by atoms with Gasteiger partial charge < -0.3 is 16.2 Å². The van der Waals surface area contributed by atoms with Gasteiger partial charge in [-0.15, -0.1) is 11.3 Å². The lowest BCUT2D eigenvalue weighted by atomic mass is 9.97. The Labute approximate surface area is 149 Å². The maximum atomic E-state index is 10.6. The molecule has 7 heteroatoms. The fraction of sp³-hybridized carbons (Fsp3) is 0.278. The molecule has 1 atom stereocenters. The van der Waals surface area contributed by atoms with E-state index in [-0.39, 0.29) is 11.8 Å². The van der Waals surface area contributed by atoms with Crippen LogP contribution in [0.25, 0.3) is 11.3 Å². The van der Waals surface area contributed by atoms with Crippen molar-refractivity contribution >= 4 is 22.3 Å². The summed E-state index contributed by atoms with van der Waals surface area (Å²) < 4.78 is 0. The molecule has 2 aromatic heterocycles. The Kier molecular flexibility index (Phi) is 4.01. The number of benzene rings is 1. The van der Waals surface area contributed by atoms with Crippen molar-refractivity contribution in [2.24, 2.45) is 0 Å². The average Bonchev–Trinajstić information content (AvgIpc) is 2.97. The van der Waals surface area contributed by atoms with Crippen molar-refractivity contribution in [1.29, 1.82) is 0 Å². The van der Waals surface area contributed by atoms with E-state index >= 15 is 0 Å². The second-order valence-electron chi connectivity index (χ2n) is 6.29. The van der Waals surface area contributed by atoms with Crippen LogP contribution in [0.5, 0.6) is 5.75 Å². The Bertz CT molecular complexity index is 906. The highest BCUT2D eigenvalue weighted by Crippen LogP contribution is 2.34. The predicted octanol–water partition coefficient (Wildman–Crippen LogP) is 3.17. The van der Waals surface area contributed by atoms with Crippen molar-refractivity contribution < 1.29 is 5.11 Å². The number of hydrogen-bond acceptors (Lipinski definition) is 7. The molecule has 25 heavy (non-hydrogen) atoms. The minimum atomic E-state index is 0.0842. The molecule has 2 heterocycles. The van der Waals surface area contributed by atoms with Gasteiger partial charge >= 0.3 is 0 Å². The maximum absolute atomic E-state index is 10.6. The fourth-order valence-electron chi connectivity index (χ4n) is 3.12. The van der Waals surface area contributed by atoms with Gasteiger partial charge in [-0.05, 0) is 19.8 Å². The van der Waals surface area contributed by atoms with Crippen LogP contribution in [-0.2, 0) is 12.8 Å². The van der Waals surface area contributed by atoms with Crippen molar-refractivity contribution in [1.82, 2.24) is 15.0 Å². The predicted molar refractivity (Wildman–Crippen MR) is 99.8 cm³/mol. The number of nitrogens with zero attached hydrogens (tertiary/aromatic N) is 3. The topological polar surface area (TPSA) is 97.0 Å². The molecule has 0 fully saturated rings. The molecular formula is C18H19N5OS. The van der Waals surface area contributed by atoms with Crippen LogP contribution in [0, 0.1) is 6.92 Å². The number of nitrogens with one attached hydrogen (secondary N) is 1. The van der Waals surface area contributed by atoms with E-state index in [1.54, 1.807) is 11.3 Å². The lowest BCUT2D eigenvalue weighted by Gasteiger charge is -2.23. The van der Waals surface area contributed by atoms with E-state index < -0.39 is 0 Å². The van der Waals surface area contributed by atoms with E-state index in [1.165, 1.54) is 11.2 Å². The molecule has 0 saturated carbocycles. The van der Waals surface area contributed by atoms with E-state index in [2.05, 4.69) is 20.3 Å². The summed E-state index contributed by atoms with van der Waals surface area (Å²) in [6, 6.07) is 8.10. The number of aromatic hydroxyl groups is 1. The van der Waals surface area contributed by atoms with Crippen LogP contribution in [-0.4, -0.2) is 26.1 Å². The number of nitrogen functional groups attached to an aromatic ring is 1. The zero-order chi connectivity index (χ0) is 17.4. The van der Waals surface area contributed by atoms with Gasteiger partial charge in [0.15, 0.2) is 16.7 Å². The van der Waals surface area contributed by atoms with E-state index in [0.29, 0.717) is 16.6 Å². The number of aromatic nitrogens is 3. The highest BCUT2D eigenvalue weighted by molar-refractivity contribution is 7.15. The molecule has 1 aliphatic rings. The molecular weight excluding hydrogens is 334 g/mol. The van der Waals surface area contributed by atoms with Crippen molar-refractivity contribution in [3.63, 3.8) is 0 Å². The van der Waals surface area contributed by atoms with Crippen molar-refractivity contribution in [2.45, 2.75) is 32.2 Å². The third-order valence-electron chi connectivity index (χ3n) is 4.44. The summed E-state index contributed by atoms with van der Waals surface area (Å²) in [6.45, 7) is 2.03. The average molecular weight is 353 g/mol. The van der Waals surface area contributed by atoms with E-state index in [1.807, 2.05) is 31.2 Å². The molecule has 0 amide bonds. The minimum absolute atomic E-state index is 0.0842. The number of nitrogens with two attached hydrogens (primary N) is 1. The van der Waals surface area contributed by atoms with Crippen LogP contribution < -0.4 is 11.1 Å². The maximum Gasteiger partial charge on any atom is 0.185 e. The Balaban J connectivity index is 1.57. The molecule has 1 aromatic carbocycles. The number of anilines is 2. The third-order valence-corrected chi connectivity index (χ3v) is 5.39. The summed E-state index contributed by atoms with van der Waals surface area (Å²) in [5.74, 6) is 0.553. The van der Waals surface area contributed by atoms with Crippen LogP contribution in [0.15, 0.2) is 30.6 Å². The van der Waals surface area contributed by atoms with Gasteiger partial charge in [-0.1, -0.05) is 29.8 Å². The Morgan fingerprint density at radius 3 is 2.84 bits per heavy atom. The quantitative estimate of drug-likeness (QED) is 0.669. The minimum Gasteiger partial charge on any atom is -0.503 e. The molecule has 128 valence electrons. The van der Waals surface area contributed by atoms with Crippen LogP contribution in [0.2, 0.25) is 0 Å². The summed E-state index contributed by atoms with van der Waals surface area (Å²) >= 11 is 1.54. The summed E-state index contributed by atoms with van der Waals surface area (Å²) in [6.07, 6.45) is 4.14. The molecule has 1 unspecified atom stereocenters. The van der Waals surface area contributed by atoms with Crippen LogP contribution in [0.1, 0.15) is 22.6 Å². The zero-order valence-electron chi connectivity index (χ0n) is 13.9. The first kappa shape index (κ1) is 15.8. The molecule has 0 radical (unpaired) electrons. The normalized spacial score (nSPS) is 16.4. The smallest absolute Gasteiger partial charge is 0.185 e. The first-order valence-electron chi connectivity index (χ1n) is 8.22. The van der Waals surface area contributed by atoms with Gasteiger partial charge in [0.2, 0.25) is 0 Å². The largest absolute Gasteiger partial charge is 0.503 e. The molecule has 0 bridgehead atoms. The lowest BCUT2D eigenvalue weighted by molar-refractivity contribution is 0.472. The van der Waals surface area contributed by atoms with Gasteiger partial charge in [0.25, 0.3) is 0 Å². The first-order chi connectivity index (χ1) is 12.1. The fourth-order valence-corrected chi connectivity index (χ4v) is 4.08. The summed E-state index contributed by atoms with van der Waals surface area (Å²) in [7, 11) is 0. The van der Waals surface area contributed by atoms with Crippen molar-refractivity contribution in [2.75, 3.05) is 11.1 Å². The highest BCUT2D eigenvalue weighted by Gasteiger charge is 2.23. The summed E-state index contributed by atoms with van der Waals surface area (Å²) in [5.41, 5.74) is 9.48. The lowest BCUT2D eigenvalue weighted by Crippen LogP contribution is -2.27. The standard InChI is InChI=1S/C18H19N5OS/c1-10-2-4-11(5-3-10)15-16(24)17(21-9-20-15)22-12-6-7-13-14(8-12)25-18(19)23-13/h2-5,9,12,24H,6-8H2,1H3,(H2,19,23)(H,20,21,22). The van der Waals surface area contributed by atoms with Crippen LogP contribution in [0.4, 0.5) is 10.9 Å². The Hall–Kier alpha value is -2.67. The first-order valence-corrected chi connectivity index (χ1v) is 9.03. The second-order valence-corrected chi connectivity index (χ2v) is 7.41. The van der Waals surface area contributed by atoms with E-state index in [4.69, 9.17) is 5.73 Å². The zero-order valence-corrected chi connectivity index (χ0v) is 14.7. The number of aryl methyl sites for hydroxylation is 2. The molecule has 1 aliphatic carbocycles. The highest BCUT2D eigenvalue weighted by atomic mass is 32.1. The van der Waals surface area contributed by atoms with E-state index in [0.717, 1.165) is 36.1 Å². The molecule has 0 aliphatic heterocycles. The summed E-state index contributed by atoms with van der Waals surface area (Å²) in [4.78, 5) is 14.1. The number of hydrogen-bond donors (Lipinski definition) is 3. The third kappa shape index (κ3) is 3.15. The number of thiazole rings is 1. The van der Waals surface area contributed by atoms with Crippen LogP contribution in [0.3, 0.4) is 0 Å². The monoisotopic (exact) mass is 353 g/mol. The number of rotatable bonds is 3. The molecule has 3 aromatic rings. The molecule has 4 N–H and O–H groups in total. The molecule has 0 saturated heterocycles. The Morgan fingerprint density at radius 2 is 2.04 bits per heavy atom. The molecule has 4 rings (SSSR count). The van der Waals surface area contributed by atoms with E-state index in [9.17, 15) is 5.11 Å². The van der Waals surface area contributed by atoms with Gasteiger partial charge in [0, 0.05) is 22.9 Å². The SMILES string of the molecule is Cc1ccc(-c2ncnc(NC3CCc4nc(N)sc4C3)c2O)cc1. The number of fused-ring (bicyclic) bond motifs is 1. The molecule has 0 spiro atoms. The second kappa shape index (κ2) is 6.33. The van der Waals surface area contributed by atoms with Gasteiger partial charge in [-0.2, -0.15) is 0 Å². The van der Waals surface area contributed by atoms with Crippen molar-refractivity contribution in [3.05, 3.63) is 46.7 Å². The van der Waals surface area contributed by atoms with Crippen LogP contribution >= 0.6 is 11.3 Å². The molecule has 6 nitrogen and oxygen atoms in total. The van der Waals surface area contributed by atoms with Crippen molar-refractivity contribution in [3.8, 4) is 17.0 Å². The van der Waals surface area contributed by atoms with Gasteiger partial charge in [-0.3, -0.25) is 0 Å².